The van der Waals surface area contributed by atoms with Crippen LogP contribution in [0, 0.1) is 17.1 Å². The van der Waals surface area contributed by atoms with E-state index in [1.54, 1.807) is 31.2 Å². The van der Waals surface area contributed by atoms with Crippen LogP contribution in [0.1, 0.15) is 29.7 Å². The molecule has 1 aromatic carbocycles. The van der Waals surface area contributed by atoms with E-state index in [1.165, 1.54) is 12.3 Å². The van der Waals surface area contributed by atoms with Crippen molar-refractivity contribution in [3.05, 3.63) is 65.2 Å². The number of urea groups is 1. The molecule has 22 heavy (non-hydrogen) atoms. The van der Waals surface area contributed by atoms with E-state index in [0.29, 0.717) is 17.7 Å². The van der Waals surface area contributed by atoms with Crippen LogP contribution < -0.4 is 10.6 Å². The molecule has 0 spiro atoms. The third-order valence-electron chi connectivity index (χ3n) is 3.15. The largest absolute Gasteiger partial charge is 0.334 e. The summed E-state index contributed by atoms with van der Waals surface area (Å²) >= 11 is 0. The molecule has 0 bridgehead atoms. The minimum atomic E-state index is -0.469. The first-order valence-electron chi connectivity index (χ1n) is 6.73. The SMILES string of the molecule is CC(NC(=O)NCc1ccc(C#N)cc1)c1ccncc1F. The monoisotopic (exact) mass is 298 g/mol. The third-order valence-corrected chi connectivity index (χ3v) is 3.15. The lowest BCUT2D eigenvalue weighted by molar-refractivity contribution is 0.237. The number of carbonyl (C=O) groups excluding carboxylic acids is 1. The zero-order chi connectivity index (χ0) is 15.9. The van der Waals surface area contributed by atoms with E-state index >= 15 is 0 Å². The van der Waals surface area contributed by atoms with Gasteiger partial charge < -0.3 is 10.6 Å². The second-order valence-electron chi connectivity index (χ2n) is 4.75. The third kappa shape index (κ3) is 4.03. The molecule has 1 unspecified atom stereocenters. The highest BCUT2D eigenvalue weighted by molar-refractivity contribution is 5.74. The van der Waals surface area contributed by atoms with Crippen molar-refractivity contribution in [1.29, 1.82) is 5.26 Å². The van der Waals surface area contributed by atoms with Gasteiger partial charge in [-0.3, -0.25) is 4.98 Å². The number of hydrogen-bond acceptors (Lipinski definition) is 3. The average Bonchev–Trinajstić information content (AvgIpc) is 2.53. The maximum absolute atomic E-state index is 13.6. The zero-order valence-electron chi connectivity index (χ0n) is 12.0. The number of hydrogen-bond donors (Lipinski definition) is 2. The van der Waals surface area contributed by atoms with Crippen molar-refractivity contribution >= 4 is 6.03 Å². The van der Waals surface area contributed by atoms with Crippen LogP contribution in [-0.2, 0) is 6.54 Å². The van der Waals surface area contributed by atoms with E-state index in [0.717, 1.165) is 11.8 Å². The Labute approximate surface area is 127 Å². The number of pyridine rings is 1. The predicted octanol–water partition coefficient (Wildman–Crippen LogP) is 2.65. The number of benzene rings is 1. The van der Waals surface area contributed by atoms with Gasteiger partial charge in [0.1, 0.15) is 5.82 Å². The average molecular weight is 298 g/mol. The topological polar surface area (TPSA) is 77.8 Å². The lowest BCUT2D eigenvalue weighted by Gasteiger charge is -2.15. The Morgan fingerprint density at radius 2 is 2.09 bits per heavy atom. The van der Waals surface area contributed by atoms with Crippen LogP contribution in [0.2, 0.25) is 0 Å². The Balaban J connectivity index is 1.87. The number of nitrogens with one attached hydrogen (secondary N) is 2. The Hall–Kier alpha value is -2.94. The molecule has 1 atom stereocenters. The summed E-state index contributed by atoms with van der Waals surface area (Å²) in [5, 5.41) is 14.1. The first kappa shape index (κ1) is 15.4. The smallest absolute Gasteiger partial charge is 0.315 e. The van der Waals surface area contributed by atoms with Crippen molar-refractivity contribution < 1.29 is 9.18 Å². The summed E-state index contributed by atoms with van der Waals surface area (Å²) in [5.74, 6) is -0.456. The molecule has 0 aliphatic heterocycles. The van der Waals surface area contributed by atoms with E-state index in [1.807, 2.05) is 6.07 Å². The van der Waals surface area contributed by atoms with Crippen molar-refractivity contribution in [3.8, 4) is 6.07 Å². The molecule has 0 saturated carbocycles. The van der Waals surface area contributed by atoms with Gasteiger partial charge >= 0.3 is 6.03 Å². The number of amides is 2. The highest BCUT2D eigenvalue weighted by atomic mass is 19.1. The van der Waals surface area contributed by atoms with Gasteiger partial charge in [-0.1, -0.05) is 12.1 Å². The number of nitriles is 1. The predicted molar refractivity (Wildman–Crippen MR) is 79.1 cm³/mol. The molecule has 1 aromatic heterocycles. The van der Waals surface area contributed by atoms with Crippen LogP contribution in [-0.4, -0.2) is 11.0 Å². The molecular weight excluding hydrogens is 283 g/mol. The van der Waals surface area contributed by atoms with Crippen LogP contribution in [0.5, 0.6) is 0 Å². The Morgan fingerprint density at radius 3 is 2.73 bits per heavy atom. The highest BCUT2D eigenvalue weighted by Crippen LogP contribution is 2.14. The fraction of sp³-hybridized carbons (Fsp3) is 0.188. The van der Waals surface area contributed by atoms with Crippen molar-refractivity contribution in [3.63, 3.8) is 0 Å². The standard InChI is InChI=1S/C16H15FN4O/c1-11(14-6-7-19-10-15(14)17)21-16(22)20-9-13-4-2-12(8-18)3-5-13/h2-7,10-11H,9H2,1H3,(H2,20,21,22). The molecule has 6 heteroatoms. The summed E-state index contributed by atoms with van der Waals surface area (Å²) in [7, 11) is 0. The van der Waals surface area contributed by atoms with Crippen LogP contribution in [0.3, 0.4) is 0 Å². The Kier molecular flexibility index (Phi) is 5.04. The molecule has 2 N–H and O–H groups in total. The molecular formula is C16H15FN4O. The second kappa shape index (κ2) is 7.18. The molecule has 112 valence electrons. The van der Waals surface area contributed by atoms with Gasteiger partial charge in [0, 0.05) is 18.3 Å². The number of rotatable bonds is 4. The van der Waals surface area contributed by atoms with Crippen LogP contribution in [0.15, 0.2) is 42.7 Å². The van der Waals surface area contributed by atoms with Gasteiger partial charge in [0.25, 0.3) is 0 Å². The molecule has 2 amide bonds. The van der Waals surface area contributed by atoms with Gasteiger partial charge in [-0.05, 0) is 30.7 Å². The number of halogens is 1. The summed E-state index contributed by atoms with van der Waals surface area (Å²) in [4.78, 5) is 15.5. The number of nitrogens with zero attached hydrogens (tertiary/aromatic N) is 2. The summed E-state index contributed by atoms with van der Waals surface area (Å²) in [6.07, 6.45) is 2.59. The maximum Gasteiger partial charge on any atom is 0.315 e. The van der Waals surface area contributed by atoms with Gasteiger partial charge in [-0.2, -0.15) is 5.26 Å². The lowest BCUT2D eigenvalue weighted by atomic mass is 10.1. The highest BCUT2D eigenvalue weighted by Gasteiger charge is 2.13. The van der Waals surface area contributed by atoms with Crippen molar-refractivity contribution in [2.24, 2.45) is 0 Å². The summed E-state index contributed by atoms with van der Waals surface area (Å²) < 4.78 is 13.6. The second-order valence-corrected chi connectivity index (χ2v) is 4.75. The van der Waals surface area contributed by atoms with Gasteiger partial charge in [-0.25, -0.2) is 9.18 Å². The molecule has 0 aliphatic rings. The van der Waals surface area contributed by atoms with Crippen molar-refractivity contribution in [1.82, 2.24) is 15.6 Å². The van der Waals surface area contributed by atoms with Gasteiger partial charge in [0.2, 0.25) is 0 Å². The van der Waals surface area contributed by atoms with Crippen LogP contribution in [0.4, 0.5) is 9.18 Å². The molecule has 5 nitrogen and oxygen atoms in total. The summed E-state index contributed by atoms with van der Waals surface area (Å²) in [6, 6.07) is 9.60. The first-order chi connectivity index (χ1) is 10.6. The number of carbonyl (C=O) groups is 1. The van der Waals surface area contributed by atoms with E-state index in [4.69, 9.17) is 5.26 Å². The maximum atomic E-state index is 13.6. The van der Waals surface area contributed by atoms with Crippen LogP contribution >= 0.6 is 0 Å². The zero-order valence-corrected chi connectivity index (χ0v) is 12.0. The molecule has 0 saturated heterocycles. The Morgan fingerprint density at radius 1 is 1.36 bits per heavy atom. The molecule has 2 rings (SSSR count). The molecule has 2 aromatic rings. The summed E-state index contributed by atoms with van der Waals surface area (Å²) in [6.45, 7) is 2.02. The van der Waals surface area contributed by atoms with E-state index in [2.05, 4.69) is 15.6 Å². The summed E-state index contributed by atoms with van der Waals surface area (Å²) in [5.41, 5.74) is 1.82. The fourth-order valence-corrected chi connectivity index (χ4v) is 1.94. The fourth-order valence-electron chi connectivity index (χ4n) is 1.94. The normalized spacial score (nSPS) is 11.3. The minimum Gasteiger partial charge on any atom is -0.334 e. The first-order valence-corrected chi connectivity index (χ1v) is 6.73. The molecule has 0 aliphatic carbocycles. The molecule has 1 heterocycles. The van der Waals surface area contributed by atoms with Crippen molar-refractivity contribution in [2.75, 3.05) is 0 Å². The van der Waals surface area contributed by atoms with Gasteiger partial charge in [0.15, 0.2) is 0 Å². The minimum absolute atomic E-state index is 0.323. The van der Waals surface area contributed by atoms with Crippen LogP contribution in [0.25, 0.3) is 0 Å². The van der Waals surface area contributed by atoms with E-state index in [-0.39, 0.29) is 0 Å². The van der Waals surface area contributed by atoms with Crippen molar-refractivity contribution in [2.45, 2.75) is 19.5 Å². The molecule has 0 fully saturated rings. The van der Waals surface area contributed by atoms with E-state index in [9.17, 15) is 9.18 Å². The quantitative estimate of drug-likeness (QED) is 0.911. The van der Waals surface area contributed by atoms with Gasteiger partial charge in [-0.15, -0.1) is 0 Å². The van der Waals surface area contributed by atoms with Gasteiger partial charge in [0.05, 0.1) is 23.9 Å². The number of aromatic nitrogens is 1. The lowest BCUT2D eigenvalue weighted by Crippen LogP contribution is -2.36. The molecule has 0 radical (unpaired) electrons. The van der Waals surface area contributed by atoms with E-state index < -0.39 is 17.9 Å². The Bertz CT molecular complexity index is 694.